The molecule has 2 N–H and O–H groups in total. The van der Waals surface area contributed by atoms with Gasteiger partial charge in [0.05, 0.1) is 7.11 Å². The molecular formula is C20H14N4O2. The van der Waals surface area contributed by atoms with E-state index in [1.807, 2.05) is 36.4 Å². The maximum atomic E-state index is 9.48. The number of hydrogen-bond donors (Lipinski definition) is 1. The summed E-state index contributed by atoms with van der Waals surface area (Å²) in [5, 5.41) is 10.4. The predicted molar refractivity (Wildman–Crippen MR) is 98.4 cm³/mol. The lowest BCUT2D eigenvalue weighted by Crippen LogP contribution is -1.99. The quantitative estimate of drug-likeness (QED) is 0.604. The molecule has 0 aliphatic carbocycles. The fraction of sp³-hybridized carbons (Fsp3) is 0.0500. The number of furan rings is 1. The number of methoxy groups -OCH3 is 1. The summed E-state index contributed by atoms with van der Waals surface area (Å²) in [6.07, 6.45) is 3.33. The Morgan fingerprint density at radius 2 is 1.96 bits per heavy atom. The van der Waals surface area contributed by atoms with E-state index in [-0.39, 0.29) is 5.82 Å². The van der Waals surface area contributed by atoms with Gasteiger partial charge in [-0.1, -0.05) is 12.1 Å². The second-order valence-corrected chi connectivity index (χ2v) is 5.65. The van der Waals surface area contributed by atoms with Crippen LogP contribution in [0.2, 0.25) is 0 Å². The van der Waals surface area contributed by atoms with Gasteiger partial charge in [-0.25, -0.2) is 4.98 Å². The minimum Gasteiger partial charge on any atom is -0.493 e. The number of anilines is 1. The Morgan fingerprint density at radius 1 is 1.15 bits per heavy atom. The third-order valence-corrected chi connectivity index (χ3v) is 4.13. The van der Waals surface area contributed by atoms with E-state index in [9.17, 15) is 5.26 Å². The molecule has 0 amide bonds. The van der Waals surface area contributed by atoms with Crippen LogP contribution in [0.3, 0.4) is 0 Å². The van der Waals surface area contributed by atoms with E-state index in [1.54, 1.807) is 25.6 Å². The number of ether oxygens (including phenoxy) is 1. The number of hydrogen-bond acceptors (Lipinski definition) is 6. The Labute approximate surface area is 149 Å². The zero-order valence-electron chi connectivity index (χ0n) is 13.9. The number of rotatable bonds is 3. The van der Waals surface area contributed by atoms with Crippen LogP contribution in [0.5, 0.6) is 5.75 Å². The Morgan fingerprint density at radius 3 is 2.69 bits per heavy atom. The second-order valence-electron chi connectivity index (χ2n) is 5.65. The van der Waals surface area contributed by atoms with Crippen LogP contribution in [0.1, 0.15) is 5.56 Å². The highest BCUT2D eigenvalue weighted by Gasteiger charge is 2.16. The van der Waals surface area contributed by atoms with Gasteiger partial charge in [0.15, 0.2) is 17.1 Å². The van der Waals surface area contributed by atoms with Gasteiger partial charge in [-0.15, -0.1) is 0 Å². The van der Waals surface area contributed by atoms with E-state index in [1.165, 1.54) is 0 Å². The van der Waals surface area contributed by atoms with Crippen LogP contribution in [0.4, 0.5) is 5.82 Å². The molecule has 6 heteroatoms. The molecule has 126 valence electrons. The molecule has 0 saturated heterocycles. The lowest BCUT2D eigenvalue weighted by molar-refractivity contribution is 0.411. The molecule has 0 spiro atoms. The highest BCUT2D eigenvalue weighted by atomic mass is 16.5. The molecule has 0 aliphatic heterocycles. The third-order valence-electron chi connectivity index (χ3n) is 4.13. The van der Waals surface area contributed by atoms with E-state index in [2.05, 4.69) is 16.0 Å². The third kappa shape index (κ3) is 2.52. The summed E-state index contributed by atoms with van der Waals surface area (Å²) < 4.78 is 11.3. The summed E-state index contributed by atoms with van der Waals surface area (Å²) >= 11 is 0. The molecule has 0 saturated carbocycles. The van der Waals surface area contributed by atoms with Gasteiger partial charge in [-0.3, -0.25) is 4.98 Å². The summed E-state index contributed by atoms with van der Waals surface area (Å²) in [5.41, 5.74) is 9.08. The standard InChI is InChI=1S/C20H14N4O2/c1-25-17-4-2-3-13-9-18(26-19(13)17)16-10-14(12-5-7-23-8-6-12)15(11-21)20(22)24-16/h2-10H,1H3,(H2,22,24). The first-order valence-electron chi connectivity index (χ1n) is 7.89. The molecule has 0 radical (unpaired) electrons. The molecule has 26 heavy (non-hydrogen) atoms. The number of para-hydroxylation sites is 1. The van der Waals surface area contributed by atoms with Gasteiger partial charge in [-0.2, -0.15) is 5.26 Å². The Bertz CT molecular complexity index is 1140. The van der Waals surface area contributed by atoms with Gasteiger partial charge in [0.1, 0.15) is 23.1 Å². The summed E-state index contributed by atoms with van der Waals surface area (Å²) in [7, 11) is 1.59. The largest absolute Gasteiger partial charge is 0.493 e. The van der Waals surface area contributed by atoms with Crippen LogP contribution in [-0.4, -0.2) is 17.1 Å². The zero-order chi connectivity index (χ0) is 18.1. The van der Waals surface area contributed by atoms with E-state index in [0.717, 1.165) is 10.9 Å². The number of nitriles is 1. The highest BCUT2D eigenvalue weighted by molar-refractivity contribution is 5.88. The van der Waals surface area contributed by atoms with Gasteiger partial charge < -0.3 is 14.9 Å². The molecule has 3 aromatic heterocycles. The average molecular weight is 342 g/mol. The minimum absolute atomic E-state index is 0.157. The maximum absolute atomic E-state index is 9.48. The molecule has 1 aromatic carbocycles. The first-order valence-corrected chi connectivity index (χ1v) is 7.89. The monoisotopic (exact) mass is 342 g/mol. The predicted octanol–water partition coefficient (Wildman–Crippen LogP) is 4.02. The van der Waals surface area contributed by atoms with Crippen molar-refractivity contribution in [3.8, 4) is 34.4 Å². The van der Waals surface area contributed by atoms with Gasteiger partial charge >= 0.3 is 0 Å². The van der Waals surface area contributed by atoms with E-state index < -0.39 is 0 Å². The number of nitrogen functional groups attached to an aromatic ring is 1. The molecular weight excluding hydrogens is 328 g/mol. The topological polar surface area (TPSA) is 98.0 Å². The SMILES string of the molecule is COc1cccc2cc(-c3cc(-c4ccncc4)c(C#N)c(N)n3)oc12. The number of nitrogens with zero attached hydrogens (tertiary/aromatic N) is 3. The summed E-state index contributed by atoms with van der Waals surface area (Å²) in [5.74, 6) is 1.35. The van der Waals surface area contributed by atoms with Crippen molar-refractivity contribution in [1.82, 2.24) is 9.97 Å². The molecule has 6 nitrogen and oxygen atoms in total. The molecule has 0 fully saturated rings. The molecule has 0 bridgehead atoms. The van der Waals surface area contributed by atoms with Crippen LogP contribution in [-0.2, 0) is 0 Å². The van der Waals surface area contributed by atoms with Crippen molar-refractivity contribution in [2.75, 3.05) is 12.8 Å². The van der Waals surface area contributed by atoms with Crippen molar-refractivity contribution in [2.45, 2.75) is 0 Å². The summed E-state index contributed by atoms with van der Waals surface area (Å²) in [6.45, 7) is 0. The summed E-state index contributed by atoms with van der Waals surface area (Å²) in [4.78, 5) is 8.37. The molecule has 0 atom stereocenters. The lowest BCUT2D eigenvalue weighted by atomic mass is 10.0. The Hall–Kier alpha value is -3.85. The van der Waals surface area contributed by atoms with Crippen LogP contribution in [0.15, 0.2) is 59.3 Å². The minimum atomic E-state index is 0.157. The molecule has 3 heterocycles. The van der Waals surface area contributed by atoms with Crippen molar-refractivity contribution in [2.24, 2.45) is 0 Å². The number of nitrogens with two attached hydrogens (primary N) is 1. The zero-order valence-corrected chi connectivity index (χ0v) is 13.9. The van der Waals surface area contributed by atoms with Crippen molar-refractivity contribution in [3.05, 3.63) is 60.4 Å². The van der Waals surface area contributed by atoms with Crippen molar-refractivity contribution in [1.29, 1.82) is 5.26 Å². The van der Waals surface area contributed by atoms with Gasteiger partial charge in [-0.05, 0) is 35.9 Å². The smallest absolute Gasteiger partial charge is 0.176 e. The van der Waals surface area contributed by atoms with Gasteiger partial charge in [0.25, 0.3) is 0 Å². The molecule has 0 unspecified atom stereocenters. The van der Waals surface area contributed by atoms with Crippen molar-refractivity contribution < 1.29 is 9.15 Å². The van der Waals surface area contributed by atoms with Crippen LogP contribution in [0.25, 0.3) is 33.6 Å². The average Bonchev–Trinajstić information content (AvgIpc) is 3.12. The number of benzene rings is 1. The summed E-state index contributed by atoms with van der Waals surface area (Å²) in [6, 6.07) is 15.1. The second kappa shape index (κ2) is 6.22. The number of pyridine rings is 2. The van der Waals surface area contributed by atoms with Crippen LogP contribution in [0, 0.1) is 11.3 Å². The molecule has 0 aliphatic rings. The van der Waals surface area contributed by atoms with E-state index >= 15 is 0 Å². The van der Waals surface area contributed by atoms with E-state index in [4.69, 9.17) is 14.9 Å². The van der Waals surface area contributed by atoms with Gasteiger partial charge in [0, 0.05) is 23.3 Å². The lowest BCUT2D eigenvalue weighted by Gasteiger charge is -2.08. The highest BCUT2D eigenvalue weighted by Crippen LogP contribution is 2.35. The Balaban J connectivity index is 1.93. The first kappa shape index (κ1) is 15.7. The molecule has 4 rings (SSSR count). The number of aromatic nitrogens is 2. The fourth-order valence-corrected chi connectivity index (χ4v) is 2.89. The van der Waals surface area contributed by atoms with Crippen LogP contribution < -0.4 is 10.5 Å². The van der Waals surface area contributed by atoms with E-state index in [0.29, 0.717) is 33.9 Å². The fourth-order valence-electron chi connectivity index (χ4n) is 2.89. The molecule has 4 aromatic rings. The van der Waals surface area contributed by atoms with Crippen molar-refractivity contribution >= 4 is 16.8 Å². The Kier molecular flexibility index (Phi) is 3.75. The van der Waals surface area contributed by atoms with Crippen LogP contribution >= 0.6 is 0 Å². The van der Waals surface area contributed by atoms with Crippen molar-refractivity contribution in [3.63, 3.8) is 0 Å². The maximum Gasteiger partial charge on any atom is 0.176 e. The first-order chi connectivity index (χ1) is 12.7. The normalized spacial score (nSPS) is 10.6. The number of fused-ring (bicyclic) bond motifs is 1. The van der Waals surface area contributed by atoms with Gasteiger partial charge in [0.2, 0.25) is 0 Å².